The summed E-state index contributed by atoms with van der Waals surface area (Å²) >= 11 is 0. The topological polar surface area (TPSA) is 73.9 Å². The molecule has 0 saturated carbocycles. The number of hydrogen-bond acceptors (Lipinski definition) is 5. The van der Waals surface area contributed by atoms with Gasteiger partial charge in [0, 0.05) is 5.69 Å². The van der Waals surface area contributed by atoms with Crippen LogP contribution in [0.3, 0.4) is 0 Å². The molecule has 0 fully saturated rings. The van der Waals surface area contributed by atoms with Crippen molar-refractivity contribution in [3.05, 3.63) is 54.1 Å². The molecule has 0 spiro atoms. The van der Waals surface area contributed by atoms with Gasteiger partial charge >= 0.3 is 19.2 Å². The van der Waals surface area contributed by atoms with E-state index in [1.807, 2.05) is 0 Å². The van der Waals surface area contributed by atoms with E-state index in [1.165, 1.54) is 42.5 Å². The first-order valence-electron chi connectivity index (χ1n) is 7.40. The molecule has 0 aliphatic carbocycles. The number of amides is 1. The van der Waals surface area contributed by atoms with Gasteiger partial charge in [0.15, 0.2) is 6.61 Å². The molecular weight excluding hydrogens is 374 g/mol. The third-order valence-corrected chi connectivity index (χ3v) is 2.99. The third kappa shape index (κ3) is 6.84. The Morgan fingerprint density at radius 2 is 1.52 bits per heavy atom. The van der Waals surface area contributed by atoms with E-state index in [0.29, 0.717) is 0 Å². The lowest BCUT2D eigenvalue weighted by Gasteiger charge is -2.09. The van der Waals surface area contributed by atoms with Crippen LogP contribution in [0.25, 0.3) is 0 Å². The van der Waals surface area contributed by atoms with E-state index in [2.05, 4.69) is 14.8 Å². The highest BCUT2D eigenvalue weighted by atomic mass is 19.3. The van der Waals surface area contributed by atoms with Crippen molar-refractivity contribution >= 4 is 17.6 Å². The number of benzene rings is 2. The predicted molar refractivity (Wildman–Crippen MR) is 85.1 cm³/mol. The SMILES string of the molecule is O=C(COC(=O)c1cccc(OC(F)F)c1)Nc1ccc(OC(F)F)cc1. The molecule has 6 nitrogen and oxygen atoms in total. The highest BCUT2D eigenvalue weighted by Crippen LogP contribution is 2.18. The van der Waals surface area contributed by atoms with Gasteiger partial charge < -0.3 is 19.5 Å². The molecule has 0 radical (unpaired) electrons. The van der Waals surface area contributed by atoms with Gasteiger partial charge in [-0.15, -0.1) is 0 Å². The summed E-state index contributed by atoms with van der Waals surface area (Å²) < 4.78 is 61.5. The quantitative estimate of drug-likeness (QED) is 0.553. The van der Waals surface area contributed by atoms with Crippen LogP contribution in [0, 0.1) is 0 Å². The summed E-state index contributed by atoms with van der Waals surface area (Å²) in [5.74, 6) is -1.91. The molecule has 0 atom stereocenters. The molecular formula is C17H13F4NO5. The molecule has 0 aromatic heterocycles. The van der Waals surface area contributed by atoms with Gasteiger partial charge in [0.2, 0.25) is 0 Å². The molecule has 10 heteroatoms. The van der Waals surface area contributed by atoms with Crippen molar-refractivity contribution in [2.24, 2.45) is 0 Å². The van der Waals surface area contributed by atoms with Crippen LogP contribution in [0.5, 0.6) is 11.5 Å². The Morgan fingerprint density at radius 1 is 0.889 bits per heavy atom. The van der Waals surface area contributed by atoms with Gasteiger partial charge in [-0.3, -0.25) is 4.79 Å². The van der Waals surface area contributed by atoms with Crippen molar-refractivity contribution < 1.29 is 41.4 Å². The van der Waals surface area contributed by atoms with E-state index in [9.17, 15) is 27.2 Å². The monoisotopic (exact) mass is 387 g/mol. The minimum atomic E-state index is -3.04. The van der Waals surface area contributed by atoms with Gasteiger partial charge in [0.25, 0.3) is 5.91 Å². The average molecular weight is 387 g/mol. The number of nitrogens with one attached hydrogen (secondary N) is 1. The summed E-state index contributed by atoms with van der Waals surface area (Å²) in [4.78, 5) is 23.6. The largest absolute Gasteiger partial charge is 0.452 e. The molecule has 0 heterocycles. The van der Waals surface area contributed by atoms with Crippen LogP contribution < -0.4 is 14.8 Å². The molecule has 0 aliphatic rings. The fraction of sp³-hybridized carbons (Fsp3) is 0.176. The standard InChI is InChI=1S/C17H13F4NO5/c18-16(19)26-12-6-4-11(5-7-12)22-14(23)9-25-15(24)10-2-1-3-13(8-10)27-17(20)21/h1-8,16-17H,9H2,(H,22,23). The van der Waals surface area contributed by atoms with Crippen LogP contribution in [0.2, 0.25) is 0 Å². The Morgan fingerprint density at radius 3 is 2.15 bits per heavy atom. The molecule has 2 aromatic carbocycles. The lowest BCUT2D eigenvalue weighted by atomic mass is 10.2. The van der Waals surface area contributed by atoms with E-state index >= 15 is 0 Å². The smallest absolute Gasteiger partial charge is 0.387 e. The Balaban J connectivity index is 1.85. The Kier molecular flexibility index (Phi) is 6.98. The zero-order chi connectivity index (χ0) is 19.8. The van der Waals surface area contributed by atoms with Gasteiger partial charge in [0.1, 0.15) is 11.5 Å². The van der Waals surface area contributed by atoms with Crippen LogP contribution in [0.15, 0.2) is 48.5 Å². The van der Waals surface area contributed by atoms with Gasteiger partial charge in [0.05, 0.1) is 5.56 Å². The van der Waals surface area contributed by atoms with Gasteiger partial charge in [-0.05, 0) is 42.5 Å². The molecule has 1 N–H and O–H groups in total. The van der Waals surface area contributed by atoms with Crippen LogP contribution in [-0.2, 0) is 9.53 Å². The van der Waals surface area contributed by atoms with Crippen LogP contribution in [-0.4, -0.2) is 31.7 Å². The summed E-state index contributed by atoms with van der Waals surface area (Å²) in [7, 11) is 0. The van der Waals surface area contributed by atoms with E-state index in [0.717, 1.165) is 6.07 Å². The number of alkyl halides is 4. The van der Waals surface area contributed by atoms with E-state index < -0.39 is 31.7 Å². The zero-order valence-electron chi connectivity index (χ0n) is 13.5. The molecule has 2 rings (SSSR count). The minimum absolute atomic E-state index is 0.0746. The van der Waals surface area contributed by atoms with Crippen molar-refractivity contribution in [2.75, 3.05) is 11.9 Å². The molecule has 0 bridgehead atoms. The van der Waals surface area contributed by atoms with Crippen molar-refractivity contribution in [1.29, 1.82) is 0 Å². The minimum Gasteiger partial charge on any atom is -0.452 e. The summed E-state index contributed by atoms with van der Waals surface area (Å²) in [6.07, 6.45) is 0. The van der Waals surface area contributed by atoms with Crippen LogP contribution in [0.1, 0.15) is 10.4 Å². The number of rotatable bonds is 8. The van der Waals surface area contributed by atoms with Gasteiger partial charge in [-0.2, -0.15) is 17.6 Å². The number of halogens is 4. The predicted octanol–water partition coefficient (Wildman–Crippen LogP) is 3.68. The van der Waals surface area contributed by atoms with Crippen molar-refractivity contribution in [2.45, 2.75) is 13.2 Å². The number of ether oxygens (including phenoxy) is 3. The molecule has 0 unspecified atom stereocenters. The Labute approximate surface area is 150 Å². The lowest BCUT2D eigenvalue weighted by molar-refractivity contribution is -0.119. The van der Waals surface area contributed by atoms with Crippen molar-refractivity contribution in [3.8, 4) is 11.5 Å². The number of anilines is 1. The fourth-order valence-corrected chi connectivity index (χ4v) is 1.93. The van der Waals surface area contributed by atoms with Crippen LogP contribution in [0.4, 0.5) is 23.2 Å². The highest BCUT2D eigenvalue weighted by molar-refractivity contribution is 5.95. The van der Waals surface area contributed by atoms with E-state index in [-0.39, 0.29) is 22.7 Å². The van der Waals surface area contributed by atoms with E-state index in [4.69, 9.17) is 4.74 Å². The molecule has 2 aromatic rings. The normalized spacial score (nSPS) is 10.6. The second-order valence-electron chi connectivity index (χ2n) is 4.93. The highest BCUT2D eigenvalue weighted by Gasteiger charge is 2.13. The first-order chi connectivity index (χ1) is 12.8. The first kappa shape index (κ1) is 20.0. The zero-order valence-corrected chi connectivity index (χ0v) is 13.5. The van der Waals surface area contributed by atoms with E-state index in [1.54, 1.807) is 0 Å². The maximum absolute atomic E-state index is 12.2. The molecule has 1 amide bonds. The number of esters is 1. The molecule has 27 heavy (non-hydrogen) atoms. The van der Waals surface area contributed by atoms with Gasteiger partial charge in [-0.25, -0.2) is 4.79 Å². The van der Waals surface area contributed by atoms with Crippen molar-refractivity contribution in [3.63, 3.8) is 0 Å². The van der Waals surface area contributed by atoms with Crippen LogP contribution >= 0.6 is 0 Å². The number of carbonyl (C=O) groups excluding carboxylic acids is 2. The number of hydrogen-bond donors (Lipinski definition) is 1. The maximum Gasteiger partial charge on any atom is 0.387 e. The summed E-state index contributed by atoms with van der Waals surface area (Å²) in [5.41, 5.74) is 0.194. The summed E-state index contributed by atoms with van der Waals surface area (Å²) in [6.45, 7) is -6.65. The Hall–Kier alpha value is -3.30. The Bertz CT molecular complexity index is 783. The molecule has 144 valence electrons. The fourth-order valence-electron chi connectivity index (χ4n) is 1.93. The second kappa shape index (κ2) is 9.41. The lowest BCUT2D eigenvalue weighted by Crippen LogP contribution is -2.21. The average Bonchev–Trinajstić information content (AvgIpc) is 2.60. The maximum atomic E-state index is 12.2. The molecule has 0 aliphatic heterocycles. The molecule has 0 saturated heterocycles. The van der Waals surface area contributed by atoms with Crippen molar-refractivity contribution in [1.82, 2.24) is 0 Å². The first-order valence-corrected chi connectivity index (χ1v) is 7.40. The van der Waals surface area contributed by atoms with Gasteiger partial charge in [-0.1, -0.05) is 6.07 Å². The third-order valence-electron chi connectivity index (χ3n) is 2.99. The second-order valence-corrected chi connectivity index (χ2v) is 4.93. The summed E-state index contributed by atoms with van der Waals surface area (Å²) in [6, 6.07) is 10.00. The number of carbonyl (C=O) groups is 2. The summed E-state index contributed by atoms with van der Waals surface area (Å²) in [5, 5.41) is 2.38.